The fourth-order valence-electron chi connectivity index (χ4n) is 3.98. The van der Waals surface area contributed by atoms with E-state index in [4.69, 9.17) is 33.0 Å². The van der Waals surface area contributed by atoms with Crippen molar-refractivity contribution in [3.05, 3.63) is 100 Å². The van der Waals surface area contributed by atoms with Crippen molar-refractivity contribution < 1.29 is 9.53 Å². The first kappa shape index (κ1) is 22.5. The van der Waals surface area contributed by atoms with Crippen molar-refractivity contribution in [2.45, 2.75) is 25.4 Å². The zero-order chi connectivity index (χ0) is 23.7. The lowest BCUT2D eigenvalue weighted by atomic mass is 10.1. The van der Waals surface area contributed by atoms with Gasteiger partial charge in [-0.25, -0.2) is 4.68 Å². The molecule has 5 nitrogen and oxygen atoms in total. The SMILES string of the molecule is Cn1nc(-c2ccccc2)c(CN(C(=O)c2ccccc2Cl)C2CC2)c1Oc1ccc(Cl)cc1. The summed E-state index contributed by atoms with van der Waals surface area (Å²) < 4.78 is 8.01. The predicted octanol–water partition coefficient (Wildman–Crippen LogP) is 6.99. The van der Waals surface area contributed by atoms with Crippen molar-refractivity contribution in [2.24, 2.45) is 7.05 Å². The summed E-state index contributed by atoms with van der Waals surface area (Å²) in [4.78, 5) is 15.5. The molecule has 0 atom stereocenters. The highest BCUT2D eigenvalue weighted by molar-refractivity contribution is 6.33. The smallest absolute Gasteiger partial charge is 0.255 e. The Labute approximate surface area is 208 Å². The van der Waals surface area contributed by atoms with Gasteiger partial charge in [0.15, 0.2) is 0 Å². The van der Waals surface area contributed by atoms with E-state index >= 15 is 0 Å². The number of amides is 1. The molecule has 1 heterocycles. The van der Waals surface area contributed by atoms with Crippen LogP contribution in [0.25, 0.3) is 11.3 Å². The fourth-order valence-corrected chi connectivity index (χ4v) is 4.32. The lowest BCUT2D eigenvalue weighted by Crippen LogP contribution is -2.33. The molecule has 0 unspecified atom stereocenters. The molecule has 1 aliphatic carbocycles. The quantitative estimate of drug-likeness (QED) is 0.279. The first-order valence-corrected chi connectivity index (χ1v) is 11.9. The number of carbonyl (C=O) groups is 1. The number of carbonyl (C=O) groups excluding carboxylic acids is 1. The van der Waals surface area contributed by atoms with Gasteiger partial charge in [0.1, 0.15) is 11.4 Å². The second-order valence-corrected chi connectivity index (χ2v) is 9.17. The highest BCUT2D eigenvalue weighted by atomic mass is 35.5. The molecular formula is C27H23Cl2N3O2. The average molecular weight is 492 g/mol. The van der Waals surface area contributed by atoms with E-state index in [1.807, 2.05) is 66.5 Å². The third kappa shape index (κ3) is 4.67. The highest BCUT2D eigenvalue weighted by Crippen LogP contribution is 2.38. The zero-order valence-electron chi connectivity index (χ0n) is 18.6. The average Bonchev–Trinajstić information content (AvgIpc) is 3.65. The molecule has 34 heavy (non-hydrogen) atoms. The van der Waals surface area contributed by atoms with Crippen LogP contribution in [-0.4, -0.2) is 26.6 Å². The highest BCUT2D eigenvalue weighted by Gasteiger charge is 2.36. The Bertz CT molecular complexity index is 1320. The van der Waals surface area contributed by atoms with Gasteiger partial charge in [-0.2, -0.15) is 5.10 Å². The Balaban J connectivity index is 1.57. The topological polar surface area (TPSA) is 47.4 Å². The molecule has 1 saturated carbocycles. The molecule has 7 heteroatoms. The maximum atomic E-state index is 13.6. The largest absolute Gasteiger partial charge is 0.439 e. The van der Waals surface area contributed by atoms with E-state index < -0.39 is 0 Å². The molecule has 0 N–H and O–H groups in total. The van der Waals surface area contributed by atoms with E-state index in [0.29, 0.717) is 33.8 Å². The molecule has 4 aromatic rings. The third-order valence-corrected chi connectivity index (χ3v) is 6.43. The van der Waals surface area contributed by atoms with Gasteiger partial charge in [0.05, 0.1) is 22.7 Å². The normalized spacial score (nSPS) is 13.0. The molecule has 0 spiro atoms. The molecular weight excluding hydrogens is 469 g/mol. The summed E-state index contributed by atoms with van der Waals surface area (Å²) in [5.74, 6) is 1.14. The van der Waals surface area contributed by atoms with Gasteiger partial charge in [-0.3, -0.25) is 4.79 Å². The zero-order valence-corrected chi connectivity index (χ0v) is 20.1. The Morgan fingerprint density at radius 1 is 1.00 bits per heavy atom. The van der Waals surface area contributed by atoms with E-state index in [-0.39, 0.29) is 11.9 Å². The van der Waals surface area contributed by atoms with E-state index in [1.54, 1.807) is 28.9 Å². The van der Waals surface area contributed by atoms with Crippen LogP contribution >= 0.6 is 23.2 Å². The lowest BCUT2D eigenvalue weighted by molar-refractivity contribution is 0.0729. The van der Waals surface area contributed by atoms with Crippen LogP contribution < -0.4 is 4.74 Å². The number of aryl methyl sites for hydroxylation is 1. The number of ether oxygens (including phenoxy) is 1. The van der Waals surface area contributed by atoms with E-state index in [0.717, 1.165) is 29.7 Å². The van der Waals surface area contributed by atoms with Crippen LogP contribution in [0.1, 0.15) is 28.8 Å². The van der Waals surface area contributed by atoms with Gasteiger partial charge in [0.25, 0.3) is 5.91 Å². The predicted molar refractivity (Wildman–Crippen MR) is 135 cm³/mol. The van der Waals surface area contributed by atoms with Gasteiger partial charge in [0.2, 0.25) is 5.88 Å². The summed E-state index contributed by atoms with van der Waals surface area (Å²) >= 11 is 12.4. The molecule has 1 aliphatic rings. The van der Waals surface area contributed by atoms with Gasteiger partial charge < -0.3 is 9.64 Å². The fraction of sp³-hybridized carbons (Fsp3) is 0.185. The second kappa shape index (κ2) is 9.53. The number of benzene rings is 3. The summed E-state index contributed by atoms with van der Waals surface area (Å²) in [5, 5.41) is 5.86. The Hall–Kier alpha value is -3.28. The number of halogens is 2. The molecule has 0 aliphatic heterocycles. The summed E-state index contributed by atoms with van der Waals surface area (Å²) in [6, 6.07) is 24.5. The Morgan fingerprint density at radius 2 is 1.68 bits per heavy atom. The first-order valence-electron chi connectivity index (χ1n) is 11.1. The molecule has 0 bridgehead atoms. The van der Waals surface area contributed by atoms with Crippen molar-refractivity contribution >= 4 is 29.1 Å². The summed E-state index contributed by atoms with van der Waals surface area (Å²) in [7, 11) is 1.85. The minimum absolute atomic E-state index is 0.0894. The lowest BCUT2D eigenvalue weighted by Gasteiger charge is -2.24. The maximum absolute atomic E-state index is 13.6. The van der Waals surface area contributed by atoms with Crippen molar-refractivity contribution in [2.75, 3.05) is 0 Å². The van der Waals surface area contributed by atoms with Crippen LogP contribution in [0.3, 0.4) is 0 Å². The van der Waals surface area contributed by atoms with Crippen LogP contribution in [-0.2, 0) is 13.6 Å². The minimum Gasteiger partial charge on any atom is -0.439 e. The van der Waals surface area contributed by atoms with Crippen molar-refractivity contribution in [3.8, 4) is 22.9 Å². The molecule has 5 rings (SSSR count). The van der Waals surface area contributed by atoms with Crippen LogP contribution in [0.4, 0.5) is 0 Å². The molecule has 172 valence electrons. The van der Waals surface area contributed by atoms with Crippen molar-refractivity contribution in [1.29, 1.82) is 0 Å². The Kier molecular flexibility index (Phi) is 6.31. The standard InChI is InChI=1S/C27H23Cl2N3O2/c1-31-27(34-21-15-11-19(28)12-16-21)23(25(30-31)18-7-3-2-4-8-18)17-32(20-13-14-20)26(33)22-9-5-6-10-24(22)29/h2-12,15-16,20H,13-14,17H2,1H3. The number of nitrogens with zero attached hydrogens (tertiary/aromatic N) is 3. The Morgan fingerprint density at radius 3 is 2.35 bits per heavy atom. The minimum atomic E-state index is -0.0894. The monoisotopic (exact) mass is 491 g/mol. The number of hydrogen-bond acceptors (Lipinski definition) is 3. The second-order valence-electron chi connectivity index (χ2n) is 8.32. The van der Waals surface area contributed by atoms with Gasteiger partial charge in [-0.15, -0.1) is 0 Å². The molecule has 1 amide bonds. The molecule has 1 aromatic heterocycles. The van der Waals surface area contributed by atoms with Crippen LogP contribution in [0.2, 0.25) is 10.0 Å². The van der Waals surface area contributed by atoms with E-state index in [2.05, 4.69) is 0 Å². The van der Waals surface area contributed by atoms with E-state index in [1.165, 1.54) is 0 Å². The number of aromatic nitrogens is 2. The van der Waals surface area contributed by atoms with Crippen LogP contribution in [0, 0.1) is 0 Å². The summed E-state index contributed by atoms with van der Waals surface area (Å²) in [6.45, 7) is 0.357. The molecule has 3 aromatic carbocycles. The van der Waals surface area contributed by atoms with Crippen LogP contribution in [0.15, 0.2) is 78.9 Å². The number of hydrogen-bond donors (Lipinski definition) is 0. The number of rotatable bonds is 7. The van der Waals surface area contributed by atoms with Gasteiger partial charge >= 0.3 is 0 Å². The van der Waals surface area contributed by atoms with E-state index in [9.17, 15) is 4.79 Å². The van der Waals surface area contributed by atoms with Gasteiger partial charge in [-0.05, 0) is 49.2 Å². The van der Waals surface area contributed by atoms with Crippen molar-refractivity contribution in [3.63, 3.8) is 0 Å². The van der Waals surface area contributed by atoms with Gasteiger partial charge in [-0.1, -0.05) is 65.7 Å². The molecule has 0 radical (unpaired) electrons. The third-order valence-electron chi connectivity index (χ3n) is 5.84. The first-order chi connectivity index (χ1) is 16.5. The van der Waals surface area contributed by atoms with Crippen LogP contribution in [0.5, 0.6) is 11.6 Å². The summed E-state index contributed by atoms with van der Waals surface area (Å²) in [5.41, 5.74) is 3.09. The maximum Gasteiger partial charge on any atom is 0.255 e. The summed E-state index contributed by atoms with van der Waals surface area (Å²) in [6.07, 6.45) is 1.93. The molecule has 0 saturated heterocycles. The van der Waals surface area contributed by atoms with Gasteiger partial charge in [0, 0.05) is 23.7 Å². The molecule has 1 fully saturated rings. The van der Waals surface area contributed by atoms with Crippen molar-refractivity contribution in [1.82, 2.24) is 14.7 Å².